The van der Waals surface area contributed by atoms with Gasteiger partial charge in [-0.2, -0.15) is 0 Å². The number of hydrogen-bond donors (Lipinski definition) is 0. The lowest BCUT2D eigenvalue weighted by atomic mass is 10.2. The van der Waals surface area contributed by atoms with Crippen molar-refractivity contribution in [3.63, 3.8) is 0 Å². The molecule has 0 rings (SSSR count). The van der Waals surface area contributed by atoms with E-state index >= 15 is 0 Å². The van der Waals surface area contributed by atoms with Gasteiger partial charge in [0.15, 0.2) is 0 Å². The highest BCUT2D eigenvalue weighted by Crippen LogP contribution is 2.13. The van der Waals surface area contributed by atoms with Gasteiger partial charge < -0.3 is 4.74 Å². The molecule has 0 bridgehead atoms. The standard InChI is InChI=1S/C16H22Br2O2/c1-20-16(19)14-12-10-8-6-4-2-3-5-7-9-11-13-15(17)18/h2-3,6-9,13H,4-5,10-12,14H2,1H3/b3-2-,8-6-,9-7-. The normalized spacial score (nSPS) is 11.6. The molecule has 0 aliphatic heterocycles. The topological polar surface area (TPSA) is 26.3 Å². The summed E-state index contributed by atoms with van der Waals surface area (Å²) in [6.07, 6.45) is 20.0. The summed E-state index contributed by atoms with van der Waals surface area (Å²) in [5, 5.41) is 0. The van der Waals surface area contributed by atoms with Crippen LogP contribution in [-0.2, 0) is 9.53 Å². The Balaban J connectivity index is 3.47. The largest absolute Gasteiger partial charge is 0.469 e. The summed E-state index contributed by atoms with van der Waals surface area (Å²) in [4.78, 5) is 10.9. The number of carbonyl (C=O) groups excluding carboxylic acids is 1. The van der Waals surface area contributed by atoms with Crippen LogP contribution < -0.4 is 0 Å². The fourth-order valence-electron chi connectivity index (χ4n) is 1.38. The molecule has 2 nitrogen and oxygen atoms in total. The summed E-state index contributed by atoms with van der Waals surface area (Å²) in [5.74, 6) is -0.133. The zero-order valence-electron chi connectivity index (χ0n) is 11.9. The van der Waals surface area contributed by atoms with Gasteiger partial charge in [0.1, 0.15) is 0 Å². The van der Waals surface area contributed by atoms with Crippen molar-refractivity contribution >= 4 is 37.8 Å². The number of carbonyl (C=O) groups is 1. The van der Waals surface area contributed by atoms with E-state index in [4.69, 9.17) is 0 Å². The van der Waals surface area contributed by atoms with Gasteiger partial charge in [-0.05, 0) is 64.0 Å². The molecule has 0 amide bonds. The van der Waals surface area contributed by atoms with Gasteiger partial charge in [0, 0.05) is 6.42 Å². The first kappa shape index (κ1) is 19.4. The lowest BCUT2D eigenvalue weighted by Crippen LogP contribution is -1.98. The lowest BCUT2D eigenvalue weighted by Gasteiger charge is -1.95. The Kier molecular flexibility index (Phi) is 14.3. The number of unbranched alkanes of at least 4 members (excludes halogenated alkanes) is 1. The molecule has 112 valence electrons. The van der Waals surface area contributed by atoms with Crippen LogP contribution in [0.15, 0.2) is 45.9 Å². The summed E-state index contributed by atoms with van der Waals surface area (Å²) < 4.78 is 5.56. The molecule has 4 heteroatoms. The fourth-order valence-corrected chi connectivity index (χ4v) is 1.75. The van der Waals surface area contributed by atoms with Crippen LogP contribution in [0.25, 0.3) is 0 Å². The van der Waals surface area contributed by atoms with Crippen LogP contribution in [0, 0.1) is 0 Å². The van der Waals surface area contributed by atoms with Crippen LogP contribution in [0.2, 0.25) is 0 Å². The molecule has 0 saturated heterocycles. The highest BCUT2D eigenvalue weighted by Gasteiger charge is 1.96. The van der Waals surface area contributed by atoms with Crippen molar-refractivity contribution in [1.82, 2.24) is 0 Å². The maximum atomic E-state index is 10.9. The second-order valence-electron chi connectivity index (χ2n) is 4.08. The summed E-state index contributed by atoms with van der Waals surface area (Å²) in [5.41, 5.74) is 0. The Labute approximate surface area is 138 Å². The van der Waals surface area contributed by atoms with Crippen molar-refractivity contribution in [3.8, 4) is 0 Å². The van der Waals surface area contributed by atoms with Crippen LogP contribution in [0.3, 0.4) is 0 Å². The smallest absolute Gasteiger partial charge is 0.305 e. The van der Waals surface area contributed by atoms with Gasteiger partial charge in [0.25, 0.3) is 0 Å². The van der Waals surface area contributed by atoms with Crippen LogP contribution in [0.1, 0.15) is 38.5 Å². The summed E-state index contributed by atoms with van der Waals surface area (Å²) in [6.45, 7) is 0. The second-order valence-corrected chi connectivity index (χ2v) is 6.86. The summed E-state index contributed by atoms with van der Waals surface area (Å²) in [7, 11) is 1.42. The second kappa shape index (κ2) is 14.8. The van der Waals surface area contributed by atoms with E-state index in [1.165, 1.54) is 7.11 Å². The van der Waals surface area contributed by atoms with Gasteiger partial charge in [-0.15, -0.1) is 0 Å². The SMILES string of the molecule is COC(=O)CCC/C=C\C/C=C\C/C=C\CC=C(Br)Br. The quantitative estimate of drug-likeness (QED) is 0.261. The van der Waals surface area contributed by atoms with Crippen LogP contribution in [-0.4, -0.2) is 13.1 Å². The minimum Gasteiger partial charge on any atom is -0.469 e. The number of rotatable bonds is 10. The molecule has 0 aliphatic carbocycles. The first-order valence-electron chi connectivity index (χ1n) is 6.69. The number of methoxy groups -OCH3 is 1. The predicted molar refractivity (Wildman–Crippen MR) is 93.1 cm³/mol. The third kappa shape index (κ3) is 15.4. The van der Waals surface area contributed by atoms with Crippen LogP contribution in [0.5, 0.6) is 0 Å². The molecular formula is C16H22Br2O2. The van der Waals surface area contributed by atoms with Crippen molar-refractivity contribution < 1.29 is 9.53 Å². The molecule has 0 unspecified atom stereocenters. The number of esters is 1. The van der Waals surface area contributed by atoms with Gasteiger partial charge in [0.05, 0.1) is 10.5 Å². The van der Waals surface area contributed by atoms with E-state index in [0.717, 1.165) is 35.5 Å². The van der Waals surface area contributed by atoms with Crippen LogP contribution >= 0.6 is 31.9 Å². The van der Waals surface area contributed by atoms with E-state index in [1.54, 1.807) is 0 Å². The average molecular weight is 406 g/mol. The van der Waals surface area contributed by atoms with E-state index in [0.29, 0.717) is 6.42 Å². The van der Waals surface area contributed by atoms with Crippen molar-refractivity contribution in [1.29, 1.82) is 0 Å². The third-order valence-corrected chi connectivity index (χ3v) is 3.08. The van der Waals surface area contributed by atoms with Gasteiger partial charge in [-0.1, -0.05) is 42.5 Å². The molecule has 0 aliphatic rings. The molecular weight excluding hydrogens is 384 g/mol. The molecule has 0 aromatic carbocycles. The molecule has 0 radical (unpaired) electrons. The van der Waals surface area contributed by atoms with Crippen molar-refractivity contribution in [2.75, 3.05) is 7.11 Å². The highest BCUT2D eigenvalue weighted by molar-refractivity contribution is 9.28. The monoisotopic (exact) mass is 404 g/mol. The number of allylic oxidation sites excluding steroid dienone is 7. The summed E-state index contributed by atoms with van der Waals surface area (Å²) >= 11 is 6.62. The average Bonchev–Trinajstić information content (AvgIpc) is 2.43. The molecule has 0 aromatic heterocycles. The summed E-state index contributed by atoms with van der Waals surface area (Å²) in [6, 6.07) is 0. The van der Waals surface area contributed by atoms with Gasteiger partial charge in [-0.25, -0.2) is 0 Å². The lowest BCUT2D eigenvalue weighted by molar-refractivity contribution is -0.140. The van der Waals surface area contributed by atoms with E-state index in [-0.39, 0.29) is 5.97 Å². The van der Waals surface area contributed by atoms with E-state index in [2.05, 4.69) is 79.1 Å². The fraction of sp³-hybridized carbons (Fsp3) is 0.438. The Morgan fingerprint density at radius 1 is 0.950 bits per heavy atom. The maximum Gasteiger partial charge on any atom is 0.305 e. The number of hydrogen-bond acceptors (Lipinski definition) is 2. The first-order valence-corrected chi connectivity index (χ1v) is 8.28. The zero-order chi connectivity index (χ0) is 15.1. The Morgan fingerprint density at radius 2 is 1.50 bits per heavy atom. The molecule has 0 fully saturated rings. The zero-order valence-corrected chi connectivity index (χ0v) is 15.0. The number of ether oxygens (including phenoxy) is 1. The Hall–Kier alpha value is -0.610. The van der Waals surface area contributed by atoms with Gasteiger partial charge >= 0.3 is 5.97 Å². The van der Waals surface area contributed by atoms with Gasteiger partial charge in [-0.3, -0.25) is 4.79 Å². The molecule has 0 aromatic rings. The van der Waals surface area contributed by atoms with Crippen LogP contribution in [0.4, 0.5) is 0 Å². The Bertz CT molecular complexity index is 365. The van der Waals surface area contributed by atoms with Gasteiger partial charge in [0.2, 0.25) is 0 Å². The minimum absolute atomic E-state index is 0.133. The molecule has 0 heterocycles. The highest BCUT2D eigenvalue weighted by atomic mass is 79.9. The molecule has 0 spiro atoms. The molecule has 0 N–H and O–H groups in total. The predicted octanol–water partition coefficient (Wildman–Crippen LogP) is 5.80. The van der Waals surface area contributed by atoms with Crippen molar-refractivity contribution in [3.05, 3.63) is 45.9 Å². The van der Waals surface area contributed by atoms with E-state index in [9.17, 15) is 4.79 Å². The van der Waals surface area contributed by atoms with E-state index in [1.807, 2.05) is 0 Å². The van der Waals surface area contributed by atoms with E-state index < -0.39 is 0 Å². The first-order chi connectivity index (χ1) is 9.66. The number of halogens is 2. The third-order valence-electron chi connectivity index (χ3n) is 2.43. The minimum atomic E-state index is -0.133. The molecule has 20 heavy (non-hydrogen) atoms. The molecule has 0 saturated carbocycles. The molecule has 0 atom stereocenters. The van der Waals surface area contributed by atoms with Crippen molar-refractivity contribution in [2.45, 2.75) is 38.5 Å². The maximum absolute atomic E-state index is 10.9. The Morgan fingerprint density at radius 3 is 2.05 bits per heavy atom. The van der Waals surface area contributed by atoms with Crippen molar-refractivity contribution in [2.24, 2.45) is 0 Å².